The molecule has 0 N–H and O–H groups in total. The second-order valence-electron chi connectivity index (χ2n) is 4.78. The van der Waals surface area contributed by atoms with E-state index in [0.717, 1.165) is 30.5 Å². The number of benzene rings is 2. The number of hydrogen-bond donors (Lipinski definition) is 0. The van der Waals surface area contributed by atoms with Crippen molar-refractivity contribution in [2.24, 2.45) is 5.10 Å². The highest BCUT2D eigenvalue weighted by Gasteiger charge is 2.15. The Labute approximate surface area is 137 Å². The van der Waals surface area contributed by atoms with Crippen molar-refractivity contribution in [2.75, 3.05) is 14.2 Å². The Balaban J connectivity index is 2.22. The van der Waals surface area contributed by atoms with Gasteiger partial charge in [0.2, 0.25) is 0 Å². The molecule has 0 aromatic heterocycles. The lowest BCUT2D eigenvalue weighted by molar-refractivity contribution is 0.0599. The van der Waals surface area contributed by atoms with Gasteiger partial charge < -0.3 is 4.74 Å². The summed E-state index contributed by atoms with van der Waals surface area (Å²) in [6.07, 6.45) is 0.882. The van der Waals surface area contributed by atoms with Crippen LogP contribution in [0.3, 0.4) is 0 Å². The molecule has 2 rings (SSSR count). The molecule has 2 aromatic carbocycles. The number of rotatable bonds is 4. The molecule has 0 fully saturated rings. The lowest BCUT2D eigenvalue weighted by Gasteiger charge is -2.11. The molecule has 0 aliphatic rings. The zero-order valence-corrected chi connectivity index (χ0v) is 13.0. The Morgan fingerprint density at radius 1 is 1.08 bits per heavy atom. The molecule has 0 atom stereocenters. The Morgan fingerprint density at radius 2 is 1.67 bits per heavy atom. The van der Waals surface area contributed by atoms with E-state index in [1.807, 2.05) is 0 Å². The van der Waals surface area contributed by atoms with Crippen molar-refractivity contribution in [3.05, 3.63) is 70.8 Å². The third kappa shape index (κ3) is 3.81. The molecule has 0 unspecified atom stereocenters. The van der Waals surface area contributed by atoms with E-state index in [1.54, 1.807) is 30.3 Å². The molecule has 0 aliphatic carbocycles. The number of methoxy groups -OCH3 is 1. The van der Waals surface area contributed by atoms with Crippen LogP contribution in [0.2, 0.25) is 0 Å². The van der Waals surface area contributed by atoms with E-state index >= 15 is 0 Å². The maximum absolute atomic E-state index is 13.9. The number of amides is 1. The van der Waals surface area contributed by atoms with Gasteiger partial charge in [0.25, 0.3) is 5.91 Å². The van der Waals surface area contributed by atoms with Crippen molar-refractivity contribution in [3.63, 3.8) is 0 Å². The topological polar surface area (TPSA) is 59.0 Å². The number of nitrogens with zero attached hydrogens (tertiary/aromatic N) is 2. The van der Waals surface area contributed by atoms with Crippen molar-refractivity contribution in [2.45, 2.75) is 0 Å². The summed E-state index contributed by atoms with van der Waals surface area (Å²) in [5, 5.41) is 4.71. The fraction of sp³-hybridized carbons (Fsp3) is 0.118. The maximum atomic E-state index is 13.9. The van der Waals surface area contributed by atoms with Gasteiger partial charge in [-0.1, -0.05) is 18.2 Å². The average Bonchev–Trinajstić information content (AvgIpc) is 2.59. The monoisotopic (exact) mass is 332 g/mol. The average molecular weight is 332 g/mol. The number of carbonyl (C=O) groups is 2. The van der Waals surface area contributed by atoms with Gasteiger partial charge in [-0.15, -0.1) is 0 Å². The summed E-state index contributed by atoms with van der Waals surface area (Å²) in [4.78, 5) is 23.4. The molecule has 0 radical (unpaired) electrons. The zero-order valence-electron chi connectivity index (χ0n) is 13.0. The van der Waals surface area contributed by atoms with Gasteiger partial charge >= 0.3 is 5.97 Å². The number of carbonyl (C=O) groups excluding carboxylic acids is 2. The predicted octanol–water partition coefficient (Wildman–Crippen LogP) is 2.86. The summed E-state index contributed by atoms with van der Waals surface area (Å²) < 4.78 is 32.3. The lowest BCUT2D eigenvalue weighted by Crippen LogP contribution is -2.21. The summed E-state index contributed by atoms with van der Waals surface area (Å²) in [7, 11) is 2.47. The third-order valence-corrected chi connectivity index (χ3v) is 3.17. The highest BCUT2D eigenvalue weighted by molar-refractivity contribution is 5.95. The Morgan fingerprint density at radius 3 is 2.21 bits per heavy atom. The maximum Gasteiger partial charge on any atom is 0.338 e. The van der Waals surface area contributed by atoms with Gasteiger partial charge in [0, 0.05) is 12.6 Å². The number of esters is 1. The van der Waals surface area contributed by atoms with Crippen LogP contribution < -0.4 is 0 Å². The molecule has 7 heteroatoms. The summed E-state index contributed by atoms with van der Waals surface area (Å²) in [5.41, 5.74) is -0.326. The van der Waals surface area contributed by atoms with Crippen molar-refractivity contribution in [1.29, 1.82) is 0 Å². The highest BCUT2D eigenvalue weighted by Crippen LogP contribution is 2.15. The molecule has 1 amide bonds. The molecule has 0 aliphatic heterocycles. The van der Waals surface area contributed by atoms with E-state index < -0.39 is 29.1 Å². The van der Waals surface area contributed by atoms with Gasteiger partial charge in [0.05, 0.1) is 24.5 Å². The van der Waals surface area contributed by atoms with Crippen LogP contribution in [0, 0.1) is 11.6 Å². The minimum absolute atomic E-state index is 0.252. The largest absolute Gasteiger partial charge is 0.465 e. The fourth-order valence-corrected chi connectivity index (χ4v) is 1.91. The van der Waals surface area contributed by atoms with Crippen LogP contribution in [0.15, 0.2) is 47.6 Å². The second kappa shape index (κ2) is 7.45. The lowest BCUT2D eigenvalue weighted by atomic mass is 10.1. The number of ether oxygens (including phenoxy) is 1. The van der Waals surface area contributed by atoms with Crippen molar-refractivity contribution in [3.8, 4) is 0 Å². The van der Waals surface area contributed by atoms with E-state index in [9.17, 15) is 18.4 Å². The smallest absolute Gasteiger partial charge is 0.338 e. The third-order valence-electron chi connectivity index (χ3n) is 3.17. The number of hydrazone groups is 1. The molecular formula is C17H14F2N2O3. The predicted molar refractivity (Wildman–Crippen MR) is 83.8 cm³/mol. The zero-order chi connectivity index (χ0) is 17.7. The fourth-order valence-electron chi connectivity index (χ4n) is 1.91. The molecule has 0 spiro atoms. The van der Waals surface area contributed by atoms with Gasteiger partial charge in [-0.25, -0.2) is 18.6 Å². The van der Waals surface area contributed by atoms with E-state index in [4.69, 9.17) is 0 Å². The van der Waals surface area contributed by atoms with Gasteiger partial charge in [-0.05, 0) is 24.3 Å². The minimum atomic E-state index is -0.986. The van der Waals surface area contributed by atoms with Crippen LogP contribution in [-0.4, -0.2) is 37.3 Å². The summed E-state index contributed by atoms with van der Waals surface area (Å²) in [6.45, 7) is 0. The van der Waals surface area contributed by atoms with Crippen LogP contribution >= 0.6 is 0 Å². The SMILES string of the molecule is COC(=O)c1cc(F)c(/C=N/N(C)C(=O)c2ccccc2)c(F)c1. The number of hydrogen-bond acceptors (Lipinski definition) is 4. The first-order valence-corrected chi connectivity index (χ1v) is 6.88. The van der Waals surface area contributed by atoms with Crippen LogP contribution in [-0.2, 0) is 4.74 Å². The van der Waals surface area contributed by atoms with Gasteiger partial charge in [0.15, 0.2) is 0 Å². The Bertz CT molecular complexity index is 769. The van der Waals surface area contributed by atoms with E-state index in [2.05, 4.69) is 9.84 Å². The van der Waals surface area contributed by atoms with Crippen molar-refractivity contribution < 1.29 is 23.1 Å². The molecular weight excluding hydrogens is 318 g/mol. The second-order valence-corrected chi connectivity index (χ2v) is 4.78. The Hall–Kier alpha value is -3.09. The van der Waals surface area contributed by atoms with Crippen LogP contribution in [0.25, 0.3) is 0 Å². The number of halogens is 2. The molecule has 124 valence electrons. The Kier molecular flexibility index (Phi) is 5.36. The van der Waals surface area contributed by atoms with Crippen LogP contribution in [0.1, 0.15) is 26.3 Å². The minimum Gasteiger partial charge on any atom is -0.465 e. The van der Waals surface area contributed by atoms with Gasteiger partial charge in [0.1, 0.15) is 11.6 Å². The van der Waals surface area contributed by atoms with Crippen molar-refractivity contribution in [1.82, 2.24) is 5.01 Å². The standard InChI is InChI=1S/C17H14F2N2O3/c1-21(16(22)11-6-4-3-5-7-11)20-10-13-14(18)8-12(9-15(13)19)17(23)24-2/h3-10H,1-2H3/b20-10+. The molecule has 0 saturated heterocycles. The van der Waals surface area contributed by atoms with Crippen LogP contribution in [0.4, 0.5) is 8.78 Å². The molecule has 24 heavy (non-hydrogen) atoms. The normalized spacial score (nSPS) is 10.7. The quantitative estimate of drug-likeness (QED) is 0.491. The highest BCUT2D eigenvalue weighted by atomic mass is 19.1. The molecule has 2 aromatic rings. The van der Waals surface area contributed by atoms with E-state index in [0.29, 0.717) is 5.56 Å². The first kappa shape index (κ1) is 17.3. The summed E-state index contributed by atoms with van der Waals surface area (Å²) in [6, 6.07) is 10.0. The molecule has 0 bridgehead atoms. The van der Waals surface area contributed by atoms with Gasteiger partial charge in [-0.2, -0.15) is 5.10 Å². The van der Waals surface area contributed by atoms with Crippen LogP contribution in [0.5, 0.6) is 0 Å². The van der Waals surface area contributed by atoms with Gasteiger partial charge in [-0.3, -0.25) is 4.79 Å². The first-order valence-electron chi connectivity index (χ1n) is 6.88. The molecule has 0 heterocycles. The molecule has 5 nitrogen and oxygen atoms in total. The molecule has 0 saturated carbocycles. The first-order chi connectivity index (χ1) is 11.4. The van der Waals surface area contributed by atoms with Crippen molar-refractivity contribution >= 4 is 18.1 Å². The summed E-state index contributed by atoms with van der Waals surface area (Å²) >= 11 is 0. The van der Waals surface area contributed by atoms with E-state index in [-0.39, 0.29) is 5.56 Å². The summed E-state index contributed by atoms with van der Waals surface area (Å²) in [5.74, 6) is -3.26. The van der Waals surface area contributed by atoms with E-state index in [1.165, 1.54) is 7.05 Å².